The highest BCUT2D eigenvalue weighted by atomic mass is 16.5. The van der Waals surface area contributed by atoms with Crippen LogP contribution in [0.2, 0.25) is 0 Å². The standard InChI is InChI=1S/C16H23N3O4/c1-16(2,3)18-13(20)9-19(4)14(21)10-23-12-8-6-5-7-11(12)15(17)22/h5-8H,9-10H2,1-4H3,(H2,17,22)(H,18,20). The molecular formula is C16H23N3O4. The Kier molecular flexibility index (Phi) is 6.12. The highest BCUT2D eigenvalue weighted by Gasteiger charge is 2.18. The third-order valence-corrected chi connectivity index (χ3v) is 2.82. The van der Waals surface area contributed by atoms with Crippen molar-refractivity contribution in [3.8, 4) is 5.75 Å². The van der Waals surface area contributed by atoms with Gasteiger partial charge in [0.25, 0.3) is 11.8 Å². The smallest absolute Gasteiger partial charge is 0.260 e. The first-order valence-electron chi connectivity index (χ1n) is 7.17. The maximum Gasteiger partial charge on any atom is 0.260 e. The zero-order valence-electron chi connectivity index (χ0n) is 13.9. The largest absolute Gasteiger partial charge is 0.483 e. The van der Waals surface area contributed by atoms with E-state index in [2.05, 4.69) is 5.32 Å². The normalized spacial score (nSPS) is 10.8. The zero-order valence-corrected chi connectivity index (χ0v) is 13.9. The number of hydrogen-bond acceptors (Lipinski definition) is 4. The maximum atomic E-state index is 12.0. The predicted molar refractivity (Wildman–Crippen MR) is 86.0 cm³/mol. The summed E-state index contributed by atoms with van der Waals surface area (Å²) >= 11 is 0. The van der Waals surface area contributed by atoms with Gasteiger partial charge in [-0.05, 0) is 32.9 Å². The van der Waals surface area contributed by atoms with Gasteiger partial charge in [-0.15, -0.1) is 0 Å². The first kappa shape index (κ1) is 18.5. The molecule has 1 aromatic rings. The van der Waals surface area contributed by atoms with Gasteiger partial charge in [0.2, 0.25) is 5.91 Å². The fraction of sp³-hybridized carbons (Fsp3) is 0.438. The minimum Gasteiger partial charge on any atom is -0.483 e. The summed E-state index contributed by atoms with van der Waals surface area (Å²) in [4.78, 5) is 36.3. The van der Waals surface area contributed by atoms with E-state index in [-0.39, 0.29) is 41.8 Å². The van der Waals surface area contributed by atoms with Crippen LogP contribution in [0.15, 0.2) is 24.3 Å². The monoisotopic (exact) mass is 321 g/mol. The quantitative estimate of drug-likeness (QED) is 0.798. The average Bonchev–Trinajstić information content (AvgIpc) is 2.42. The molecule has 0 saturated carbocycles. The van der Waals surface area contributed by atoms with E-state index >= 15 is 0 Å². The number of rotatable bonds is 6. The van der Waals surface area contributed by atoms with Crippen molar-refractivity contribution < 1.29 is 19.1 Å². The number of nitrogens with one attached hydrogen (secondary N) is 1. The van der Waals surface area contributed by atoms with E-state index in [9.17, 15) is 14.4 Å². The molecule has 1 aromatic carbocycles. The van der Waals surface area contributed by atoms with Gasteiger partial charge in [0.05, 0.1) is 12.1 Å². The van der Waals surface area contributed by atoms with Crippen LogP contribution in [0.3, 0.4) is 0 Å². The number of nitrogens with zero attached hydrogens (tertiary/aromatic N) is 1. The molecule has 126 valence electrons. The number of nitrogens with two attached hydrogens (primary N) is 1. The number of ether oxygens (including phenoxy) is 1. The van der Waals surface area contributed by atoms with Crippen molar-refractivity contribution in [2.75, 3.05) is 20.2 Å². The van der Waals surface area contributed by atoms with Gasteiger partial charge < -0.3 is 20.7 Å². The minimum atomic E-state index is -0.633. The summed E-state index contributed by atoms with van der Waals surface area (Å²) in [7, 11) is 1.51. The Balaban J connectivity index is 2.57. The number of benzene rings is 1. The van der Waals surface area contributed by atoms with Crippen molar-refractivity contribution in [2.45, 2.75) is 26.3 Å². The number of primary amides is 1. The fourth-order valence-corrected chi connectivity index (χ4v) is 1.81. The summed E-state index contributed by atoms with van der Waals surface area (Å²) in [6.45, 7) is 5.21. The summed E-state index contributed by atoms with van der Waals surface area (Å²) < 4.78 is 5.34. The second kappa shape index (κ2) is 7.62. The molecular weight excluding hydrogens is 298 g/mol. The Morgan fingerprint density at radius 3 is 2.39 bits per heavy atom. The van der Waals surface area contributed by atoms with Crippen LogP contribution in [0.4, 0.5) is 0 Å². The maximum absolute atomic E-state index is 12.0. The summed E-state index contributed by atoms with van der Waals surface area (Å²) in [6, 6.07) is 6.40. The summed E-state index contributed by atoms with van der Waals surface area (Å²) in [5.41, 5.74) is 5.08. The van der Waals surface area contributed by atoms with E-state index in [1.165, 1.54) is 18.0 Å². The molecule has 0 aliphatic rings. The summed E-state index contributed by atoms with van der Waals surface area (Å²) in [5.74, 6) is -1.04. The molecule has 0 aliphatic carbocycles. The van der Waals surface area contributed by atoms with Crippen LogP contribution in [0.25, 0.3) is 0 Å². The fourth-order valence-electron chi connectivity index (χ4n) is 1.81. The van der Waals surface area contributed by atoms with Gasteiger partial charge >= 0.3 is 0 Å². The molecule has 23 heavy (non-hydrogen) atoms. The second-order valence-corrected chi connectivity index (χ2v) is 6.20. The number of amides is 3. The Morgan fingerprint density at radius 1 is 1.22 bits per heavy atom. The number of carbonyl (C=O) groups is 3. The Hall–Kier alpha value is -2.57. The third-order valence-electron chi connectivity index (χ3n) is 2.82. The Labute approximate surface area is 135 Å². The van der Waals surface area contributed by atoms with Gasteiger partial charge in [-0.2, -0.15) is 0 Å². The second-order valence-electron chi connectivity index (χ2n) is 6.20. The molecule has 0 unspecified atom stereocenters. The molecule has 7 heteroatoms. The van der Waals surface area contributed by atoms with Crippen LogP contribution in [0.5, 0.6) is 5.75 Å². The van der Waals surface area contributed by atoms with E-state index in [1.54, 1.807) is 18.2 Å². The van der Waals surface area contributed by atoms with E-state index < -0.39 is 5.91 Å². The van der Waals surface area contributed by atoms with Gasteiger partial charge in [0.15, 0.2) is 6.61 Å². The molecule has 0 aromatic heterocycles. The molecule has 3 amide bonds. The van der Waals surface area contributed by atoms with Crippen LogP contribution in [0.1, 0.15) is 31.1 Å². The topological polar surface area (TPSA) is 102 Å². The van der Waals surface area contributed by atoms with Crippen LogP contribution < -0.4 is 15.8 Å². The molecule has 0 bridgehead atoms. The van der Waals surface area contributed by atoms with E-state index in [0.717, 1.165) is 0 Å². The van der Waals surface area contributed by atoms with Crippen molar-refractivity contribution in [3.05, 3.63) is 29.8 Å². The van der Waals surface area contributed by atoms with E-state index in [0.29, 0.717) is 0 Å². The molecule has 7 nitrogen and oxygen atoms in total. The summed E-state index contributed by atoms with van der Waals surface area (Å²) in [6.07, 6.45) is 0. The Morgan fingerprint density at radius 2 is 1.83 bits per heavy atom. The first-order valence-corrected chi connectivity index (χ1v) is 7.17. The molecule has 0 radical (unpaired) electrons. The lowest BCUT2D eigenvalue weighted by Gasteiger charge is -2.23. The van der Waals surface area contributed by atoms with Gasteiger partial charge in [-0.25, -0.2) is 0 Å². The van der Waals surface area contributed by atoms with Gasteiger partial charge in [0, 0.05) is 12.6 Å². The molecule has 1 rings (SSSR count). The summed E-state index contributed by atoms with van der Waals surface area (Å²) in [5, 5.41) is 2.77. The lowest BCUT2D eigenvalue weighted by Crippen LogP contribution is -2.47. The van der Waals surface area contributed by atoms with Crippen molar-refractivity contribution in [2.24, 2.45) is 5.73 Å². The van der Waals surface area contributed by atoms with Crippen LogP contribution in [-0.4, -0.2) is 48.4 Å². The molecule has 0 saturated heterocycles. The molecule has 0 fully saturated rings. The van der Waals surface area contributed by atoms with Gasteiger partial charge in [-0.3, -0.25) is 14.4 Å². The number of hydrogen-bond donors (Lipinski definition) is 2. The van der Waals surface area contributed by atoms with Crippen molar-refractivity contribution >= 4 is 17.7 Å². The number of likely N-dealkylation sites (N-methyl/N-ethyl adjacent to an activating group) is 1. The molecule has 0 aliphatic heterocycles. The van der Waals surface area contributed by atoms with Gasteiger partial charge in [-0.1, -0.05) is 12.1 Å². The highest BCUT2D eigenvalue weighted by Crippen LogP contribution is 2.17. The molecule has 0 heterocycles. The van der Waals surface area contributed by atoms with E-state index in [1.807, 2.05) is 20.8 Å². The third kappa shape index (κ3) is 6.37. The number of para-hydroxylation sites is 1. The Bertz CT molecular complexity index is 593. The predicted octanol–water partition coefficient (Wildman–Crippen LogP) is 0.537. The zero-order chi connectivity index (χ0) is 17.6. The van der Waals surface area contributed by atoms with Gasteiger partial charge in [0.1, 0.15) is 5.75 Å². The molecule has 0 spiro atoms. The molecule has 3 N–H and O–H groups in total. The molecule has 0 atom stereocenters. The average molecular weight is 321 g/mol. The van der Waals surface area contributed by atoms with Crippen LogP contribution in [0, 0.1) is 0 Å². The van der Waals surface area contributed by atoms with Crippen molar-refractivity contribution in [1.82, 2.24) is 10.2 Å². The highest BCUT2D eigenvalue weighted by molar-refractivity contribution is 5.95. The SMILES string of the molecule is CN(CC(=O)NC(C)(C)C)C(=O)COc1ccccc1C(N)=O. The van der Waals surface area contributed by atoms with E-state index in [4.69, 9.17) is 10.5 Å². The van der Waals surface area contributed by atoms with Crippen molar-refractivity contribution in [1.29, 1.82) is 0 Å². The van der Waals surface area contributed by atoms with Crippen LogP contribution >= 0.6 is 0 Å². The van der Waals surface area contributed by atoms with Crippen LogP contribution in [-0.2, 0) is 9.59 Å². The first-order chi connectivity index (χ1) is 10.6. The minimum absolute atomic E-state index is 0.0725. The van der Waals surface area contributed by atoms with Crippen molar-refractivity contribution in [3.63, 3.8) is 0 Å². The lowest BCUT2D eigenvalue weighted by atomic mass is 10.1. The lowest BCUT2D eigenvalue weighted by molar-refractivity contribution is -0.136. The number of carbonyl (C=O) groups excluding carboxylic acids is 3.